The van der Waals surface area contributed by atoms with Crippen molar-refractivity contribution in [2.45, 2.75) is 77.2 Å². The summed E-state index contributed by atoms with van der Waals surface area (Å²) in [4.78, 5) is 26.3. The Labute approximate surface area is 186 Å². The van der Waals surface area contributed by atoms with Gasteiger partial charge >= 0.3 is 0 Å². The second-order valence-electron chi connectivity index (χ2n) is 8.90. The van der Waals surface area contributed by atoms with Crippen molar-refractivity contribution in [3.8, 4) is 0 Å². The number of carbonyl (C=O) groups is 2. The Kier molecular flexibility index (Phi) is 8.03. The predicted octanol–water partition coefficient (Wildman–Crippen LogP) is 5.87. The monoisotopic (exact) mass is 421 g/mol. The highest BCUT2D eigenvalue weighted by Gasteiger charge is 2.34. The maximum absolute atomic E-state index is 12.5. The van der Waals surface area contributed by atoms with Crippen molar-refractivity contribution in [1.82, 2.24) is 4.90 Å². The molecule has 0 spiro atoms. The summed E-state index contributed by atoms with van der Waals surface area (Å²) in [5, 5.41) is 11.0. The lowest BCUT2D eigenvalue weighted by Gasteiger charge is -2.24. The summed E-state index contributed by atoms with van der Waals surface area (Å²) < 4.78 is 0. The Morgan fingerprint density at radius 1 is 0.839 bits per heavy atom. The van der Waals surface area contributed by atoms with Gasteiger partial charge in [0.15, 0.2) is 0 Å². The quantitative estimate of drug-likeness (QED) is 0.344. The Balaban J connectivity index is 1.50. The van der Waals surface area contributed by atoms with Gasteiger partial charge in [-0.1, -0.05) is 81.8 Å². The summed E-state index contributed by atoms with van der Waals surface area (Å²) in [6.07, 6.45) is 9.47. The van der Waals surface area contributed by atoms with Gasteiger partial charge in [0.2, 0.25) is 0 Å². The largest absolute Gasteiger partial charge is 0.385 e. The highest BCUT2D eigenvalue weighted by molar-refractivity contribution is 6.21. The average Bonchev–Trinajstić information content (AvgIpc) is 3.01. The van der Waals surface area contributed by atoms with Crippen LogP contribution in [0.3, 0.4) is 0 Å². The third-order valence-electron chi connectivity index (χ3n) is 6.29. The lowest BCUT2D eigenvalue weighted by Crippen LogP contribution is -2.31. The Morgan fingerprint density at radius 3 is 2.16 bits per heavy atom. The van der Waals surface area contributed by atoms with Crippen LogP contribution >= 0.6 is 0 Å². The van der Waals surface area contributed by atoms with Crippen LogP contribution in [0.25, 0.3) is 0 Å². The zero-order chi connectivity index (χ0) is 22.3. The standard InChI is InChI=1S/C27H35NO3/c1-3-4-5-6-7-10-18-27(2,31)22-15-11-13-21(20-22)14-12-19-28-25(29)23-16-8-9-17-24(23)26(28)30/h8-9,11,13,15-17,20,31H,3-7,10,12,14,18-19H2,1-2H3. The minimum absolute atomic E-state index is 0.198. The molecule has 0 fully saturated rings. The zero-order valence-electron chi connectivity index (χ0n) is 18.9. The smallest absolute Gasteiger partial charge is 0.261 e. The van der Waals surface area contributed by atoms with Crippen molar-refractivity contribution in [2.75, 3.05) is 6.54 Å². The summed E-state index contributed by atoms with van der Waals surface area (Å²) >= 11 is 0. The number of hydrogen-bond acceptors (Lipinski definition) is 3. The van der Waals surface area contributed by atoms with E-state index in [0.717, 1.165) is 36.8 Å². The molecule has 3 rings (SSSR count). The van der Waals surface area contributed by atoms with E-state index in [2.05, 4.69) is 13.0 Å². The van der Waals surface area contributed by atoms with Crippen LogP contribution in [0.15, 0.2) is 48.5 Å². The number of unbranched alkanes of at least 4 members (excludes halogenated alkanes) is 5. The number of aliphatic hydroxyl groups is 1. The van der Waals surface area contributed by atoms with E-state index in [-0.39, 0.29) is 11.8 Å². The molecule has 0 radical (unpaired) electrons. The average molecular weight is 422 g/mol. The third kappa shape index (κ3) is 5.82. The van der Waals surface area contributed by atoms with E-state index in [0.29, 0.717) is 24.1 Å². The van der Waals surface area contributed by atoms with Gasteiger partial charge in [-0.15, -0.1) is 0 Å². The molecule has 31 heavy (non-hydrogen) atoms. The number of rotatable bonds is 12. The van der Waals surface area contributed by atoms with Gasteiger partial charge in [-0.25, -0.2) is 0 Å². The third-order valence-corrected chi connectivity index (χ3v) is 6.29. The fourth-order valence-corrected chi connectivity index (χ4v) is 4.34. The van der Waals surface area contributed by atoms with E-state index in [1.807, 2.05) is 25.1 Å². The molecule has 0 saturated heterocycles. The molecule has 2 aromatic rings. The molecule has 1 unspecified atom stereocenters. The SMILES string of the molecule is CCCCCCCCC(C)(O)c1cccc(CCCN2C(=O)c3ccccc3C2=O)c1. The van der Waals surface area contributed by atoms with E-state index >= 15 is 0 Å². The zero-order valence-corrected chi connectivity index (χ0v) is 18.9. The van der Waals surface area contributed by atoms with Crippen LogP contribution in [-0.4, -0.2) is 28.4 Å². The van der Waals surface area contributed by atoms with Crippen molar-refractivity contribution < 1.29 is 14.7 Å². The molecule has 1 N–H and O–H groups in total. The molecule has 1 aliphatic rings. The first-order valence-corrected chi connectivity index (χ1v) is 11.7. The van der Waals surface area contributed by atoms with Gasteiger partial charge in [-0.2, -0.15) is 0 Å². The van der Waals surface area contributed by atoms with Crippen molar-refractivity contribution in [3.05, 3.63) is 70.8 Å². The number of fused-ring (bicyclic) bond motifs is 1. The Bertz CT molecular complexity index is 868. The summed E-state index contributed by atoms with van der Waals surface area (Å²) in [5.41, 5.74) is 2.24. The van der Waals surface area contributed by atoms with Crippen molar-refractivity contribution in [1.29, 1.82) is 0 Å². The number of hydrogen-bond donors (Lipinski definition) is 1. The molecule has 2 aromatic carbocycles. The van der Waals surface area contributed by atoms with Gasteiger partial charge < -0.3 is 5.11 Å². The van der Waals surface area contributed by atoms with Gasteiger partial charge in [0.1, 0.15) is 0 Å². The van der Waals surface area contributed by atoms with Crippen LogP contribution in [0.1, 0.15) is 97.1 Å². The van der Waals surface area contributed by atoms with Crippen LogP contribution in [0.4, 0.5) is 0 Å². The van der Waals surface area contributed by atoms with E-state index in [9.17, 15) is 14.7 Å². The number of imide groups is 1. The molecule has 0 bridgehead atoms. The molecular weight excluding hydrogens is 386 g/mol. The van der Waals surface area contributed by atoms with Crippen molar-refractivity contribution >= 4 is 11.8 Å². The summed E-state index contributed by atoms with van der Waals surface area (Å²) in [7, 11) is 0. The minimum Gasteiger partial charge on any atom is -0.385 e. The van der Waals surface area contributed by atoms with Gasteiger partial charge in [-0.3, -0.25) is 14.5 Å². The normalized spacial score (nSPS) is 15.3. The van der Waals surface area contributed by atoms with E-state index in [1.165, 1.54) is 30.6 Å². The molecule has 4 nitrogen and oxygen atoms in total. The molecule has 1 heterocycles. The highest BCUT2D eigenvalue weighted by Crippen LogP contribution is 2.28. The van der Waals surface area contributed by atoms with Crippen LogP contribution < -0.4 is 0 Å². The van der Waals surface area contributed by atoms with Gasteiger partial charge in [-0.05, 0) is 49.4 Å². The van der Waals surface area contributed by atoms with E-state index < -0.39 is 5.60 Å². The summed E-state index contributed by atoms with van der Waals surface area (Å²) in [6.45, 7) is 4.53. The van der Waals surface area contributed by atoms with Gasteiger partial charge in [0.25, 0.3) is 11.8 Å². The fraction of sp³-hybridized carbons (Fsp3) is 0.481. The fourth-order valence-electron chi connectivity index (χ4n) is 4.34. The molecular formula is C27H35NO3. The first-order valence-electron chi connectivity index (χ1n) is 11.7. The van der Waals surface area contributed by atoms with Crippen LogP contribution in [-0.2, 0) is 12.0 Å². The molecule has 0 aliphatic carbocycles. The van der Waals surface area contributed by atoms with Crippen LogP contribution in [0.5, 0.6) is 0 Å². The first-order chi connectivity index (χ1) is 14.9. The van der Waals surface area contributed by atoms with Crippen molar-refractivity contribution in [2.24, 2.45) is 0 Å². The Morgan fingerprint density at radius 2 is 1.48 bits per heavy atom. The summed E-state index contributed by atoms with van der Waals surface area (Å²) in [6, 6.07) is 15.1. The second kappa shape index (κ2) is 10.7. The Hall–Kier alpha value is -2.46. The minimum atomic E-state index is -0.830. The topological polar surface area (TPSA) is 57.6 Å². The molecule has 4 heteroatoms. The highest BCUT2D eigenvalue weighted by atomic mass is 16.3. The maximum Gasteiger partial charge on any atom is 0.261 e. The number of amides is 2. The first kappa shape index (κ1) is 23.2. The summed E-state index contributed by atoms with van der Waals surface area (Å²) in [5.74, 6) is -0.396. The van der Waals surface area contributed by atoms with Gasteiger partial charge in [0, 0.05) is 6.54 Å². The van der Waals surface area contributed by atoms with Crippen LogP contribution in [0.2, 0.25) is 0 Å². The second-order valence-corrected chi connectivity index (χ2v) is 8.90. The molecule has 0 aromatic heterocycles. The lowest BCUT2D eigenvalue weighted by atomic mass is 9.88. The number of nitrogens with zero attached hydrogens (tertiary/aromatic N) is 1. The molecule has 2 amide bonds. The van der Waals surface area contributed by atoms with E-state index in [1.54, 1.807) is 24.3 Å². The molecule has 166 valence electrons. The molecule has 0 saturated carbocycles. The van der Waals surface area contributed by atoms with Gasteiger partial charge in [0.05, 0.1) is 16.7 Å². The van der Waals surface area contributed by atoms with E-state index in [4.69, 9.17) is 0 Å². The lowest BCUT2D eigenvalue weighted by molar-refractivity contribution is 0.0447. The number of benzene rings is 2. The maximum atomic E-state index is 12.5. The number of carbonyl (C=O) groups excluding carboxylic acids is 2. The molecule has 1 aliphatic heterocycles. The van der Waals surface area contributed by atoms with Crippen molar-refractivity contribution in [3.63, 3.8) is 0 Å². The number of aryl methyl sites for hydroxylation is 1. The molecule has 1 atom stereocenters. The predicted molar refractivity (Wildman–Crippen MR) is 124 cm³/mol. The van der Waals surface area contributed by atoms with Crippen LogP contribution in [0, 0.1) is 0 Å².